The Morgan fingerprint density at radius 3 is 2.84 bits per heavy atom. The molecule has 0 radical (unpaired) electrons. The van der Waals surface area contributed by atoms with Gasteiger partial charge in [0.25, 0.3) is 5.56 Å². The summed E-state index contributed by atoms with van der Waals surface area (Å²) in [6.07, 6.45) is 3.55. The van der Waals surface area contributed by atoms with Crippen molar-refractivity contribution in [2.45, 2.75) is 45.9 Å². The van der Waals surface area contributed by atoms with Gasteiger partial charge in [0.15, 0.2) is 6.61 Å². The van der Waals surface area contributed by atoms with Crippen LogP contribution < -0.4 is 5.56 Å². The molecule has 8 heteroatoms. The van der Waals surface area contributed by atoms with Crippen molar-refractivity contribution in [2.24, 2.45) is 0 Å². The Kier molecular flexibility index (Phi) is 5.99. The minimum atomic E-state index is -0.666. The van der Waals surface area contributed by atoms with Crippen molar-refractivity contribution < 1.29 is 19.1 Å². The van der Waals surface area contributed by atoms with Crippen molar-refractivity contribution in [3.05, 3.63) is 64.0 Å². The third kappa shape index (κ3) is 4.44. The van der Waals surface area contributed by atoms with E-state index in [0.717, 1.165) is 30.8 Å². The van der Waals surface area contributed by atoms with Crippen LogP contribution in [-0.4, -0.2) is 45.2 Å². The van der Waals surface area contributed by atoms with Crippen molar-refractivity contribution in [3.8, 4) is 0 Å². The lowest BCUT2D eigenvalue weighted by Crippen LogP contribution is -2.27. The summed E-state index contributed by atoms with van der Waals surface area (Å²) in [7, 11) is 0. The second kappa shape index (κ2) is 8.85. The number of benzene rings is 1. The van der Waals surface area contributed by atoms with Crippen molar-refractivity contribution in [1.82, 2.24) is 14.1 Å². The number of esters is 1. The van der Waals surface area contributed by atoms with Gasteiger partial charge in [-0.1, -0.05) is 12.1 Å². The van der Waals surface area contributed by atoms with Crippen LogP contribution >= 0.6 is 0 Å². The minimum Gasteiger partial charge on any atom is -0.456 e. The molecule has 4 rings (SSSR count). The minimum absolute atomic E-state index is 0.166. The van der Waals surface area contributed by atoms with E-state index in [2.05, 4.69) is 9.55 Å². The lowest BCUT2D eigenvalue weighted by molar-refractivity contribution is -0.143. The van der Waals surface area contributed by atoms with Crippen LogP contribution in [0.15, 0.2) is 41.5 Å². The Hall–Kier alpha value is -3.26. The molecule has 162 valence electrons. The fourth-order valence-corrected chi connectivity index (χ4v) is 3.98. The lowest BCUT2D eigenvalue weighted by Gasteiger charge is -2.14. The fourth-order valence-electron chi connectivity index (χ4n) is 3.98. The number of Topliss-reactive ketones (excluding diaryl/α,β-unsaturated/α-hetero) is 1. The zero-order valence-corrected chi connectivity index (χ0v) is 17.7. The number of nitrogens with zero attached hydrogens (tertiary/aromatic N) is 3. The second-order valence-electron chi connectivity index (χ2n) is 7.81. The lowest BCUT2D eigenvalue weighted by atomic mass is 10.1. The molecule has 0 N–H and O–H groups in total. The van der Waals surface area contributed by atoms with E-state index in [0.29, 0.717) is 23.0 Å². The van der Waals surface area contributed by atoms with Crippen LogP contribution in [0.4, 0.5) is 0 Å². The molecular formula is C23H25N3O5. The van der Waals surface area contributed by atoms with Crippen LogP contribution in [0.3, 0.4) is 0 Å². The molecule has 0 unspecified atom stereocenters. The molecule has 0 bridgehead atoms. The van der Waals surface area contributed by atoms with Crippen LogP contribution in [0.2, 0.25) is 0 Å². The molecule has 1 aliphatic rings. The maximum atomic E-state index is 12.7. The van der Waals surface area contributed by atoms with Gasteiger partial charge in [0.2, 0.25) is 5.78 Å². The third-order valence-corrected chi connectivity index (χ3v) is 5.68. The fraction of sp³-hybridized carbons (Fsp3) is 0.391. The van der Waals surface area contributed by atoms with E-state index in [-0.39, 0.29) is 30.6 Å². The highest BCUT2D eigenvalue weighted by Gasteiger charge is 2.22. The van der Waals surface area contributed by atoms with Crippen LogP contribution in [0.1, 0.15) is 34.6 Å². The van der Waals surface area contributed by atoms with Gasteiger partial charge >= 0.3 is 5.97 Å². The molecule has 0 amide bonds. The smallest absolute Gasteiger partial charge is 0.326 e. The number of ether oxygens (including phenoxy) is 2. The van der Waals surface area contributed by atoms with Gasteiger partial charge in [-0.25, -0.2) is 4.98 Å². The summed E-state index contributed by atoms with van der Waals surface area (Å²) in [4.78, 5) is 41.6. The Morgan fingerprint density at radius 1 is 1.26 bits per heavy atom. The Bertz CT molecular complexity index is 1190. The first kappa shape index (κ1) is 21.0. The highest BCUT2D eigenvalue weighted by Crippen LogP contribution is 2.20. The molecule has 3 aromatic rings. The van der Waals surface area contributed by atoms with Crippen molar-refractivity contribution in [3.63, 3.8) is 0 Å². The SMILES string of the molecule is Cc1cc(C(=O)COC(=O)Cn2cnc3ccccc3c2=O)c(C)n1C[C@H]1CCCO1. The number of hydrogen-bond acceptors (Lipinski definition) is 6. The van der Waals surface area contributed by atoms with Gasteiger partial charge in [-0.05, 0) is 44.9 Å². The summed E-state index contributed by atoms with van der Waals surface area (Å²) in [6.45, 7) is 4.65. The molecule has 1 aliphatic heterocycles. The summed E-state index contributed by atoms with van der Waals surface area (Å²) in [5.74, 6) is -0.940. The highest BCUT2D eigenvalue weighted by molar-refractivity contribution is 5.99. The number of ketones is 1. The quantitative estimate of drug-likeness (QED) is 0.428. The molecular weight excluding hydrogens is 398 g/mol. The molecule has 0 spiro atoms. The third-order valence-electron chi connectivity index (χ3n) is 5.68. The standard InChI is InChI=1S/C23H25N3O5/c1-15-10-19(16(2)26(15)11-17-6-5-9-30-17)21(27)13-31-22(28)12-25-14-24-20-8-4-3-7-18(20)23(25)29/h3-4,7-8,10,14,17H,5-6,9,11-13H2,1-2H3/t17-/m1/s1. The van der Waals surface area contributed by atoms with Crippen molar-refractivity contribution in [1.29, 1.82) is 0 Å². The number of para-hydroxylation sites is 1. The van der Waals surface area contributed by atoms with Gasteiger partial charge < -0.3 is 14.0 Å². The Morgan fingerprint density at radius 2 is 2.06 bits per heavy atom. The van der Waals surface area contributed by atoms with Gasteiger partial charge in [-0.2, -0.15) is 0 Å². The second-order valence-corrected chi connectivity index (χ2v) is 7.81. The van der Waals surface area contributed by atoms with Gasteiger partial charge in [-0.3, -0.25) is 19.0 Å². The number of hydrogen-bond donors (Lipinski definition) is 0. The summed E-state index contributed by atoms with van der Waals surface area (Å²) in [5, 5.41) is 0.424. The molecule has 1 fully saturated rings. The van der Waals surface area contributed by atoms with Crippen molar-refractivity contribution >= 4 is 22.7 Å². The van der Waals surface area contributed by atoms with E-state index in [4.69, 9.17) is 9.47 Å². The zero-order valence-electron chi connectivity index (χ0n) is 17.7. The highest BCUT2D eigenvalue weighted by atomic mass is 16.5. The number of aromatic nitrogens is 3. The largest absolute Gasteiger partial charge is 0.456 e. The van der Waals surface area contributed by atoms with E-state index in [9.17, 15) is 14.4 Å². The summed E-state index contributed by atoms with van der Waals surface area (Å²) in [5.41, 5.74) is 2.57. The van der Waals surface area contributed by atoms with Crippen LogP contribution in [0.25, 0.3) is 10.9 Å². The van der Waals surface area contributed by atoms with Gasteiger partial charge in [0.05, 0.1) is 23.3 Å². The maximum absolute atomic E-state index is 12.7. The van der Waals surface area contributed by atoms with Gasteiger partial charge in [0, 0.05) is 30.1 Å². The average molecular weight is 423 g/mol. The average Bonchev–Trinajstić information content (AvgIpc) is 3.38. The molecule has 0 aliphatic carbocycles. The topological polar surface area (TPSA) is 92.4 Å². The summed E-state index contributed by atoms with van der Waals surface area (Å²) >= 11 is 0. The van der Waals surface area contributed by atoms with Gasteiger partial charge in [0.1, 0.15) is 6.54 Å². The maximum Gasteiger partial charge on any atom is 0.326 e. The van der Waals surface area contributed by atoms with Crippen molar-refractivity contribution in [2.75, 3.05) is 13.2 Å². The molecule has 0 saturated carbocycles. The Labute approximate surface area is 179 Å². The molecule has 1 aromatic carbocycles. The number of rotatable bonds is 7. The molecule has 8 nitrogen and oxygen atoms in total. The Balaban J connectivity index is 1.39. The van der Waals surface area contributed by atoms with Crippen LogP contribution in [-0.2, 0) is 27.4 Å². The first-order valence-corrected chi connectivity index (χ1v) is 10.4. The number of carbonyl (C=O) groups excluding carboxylic acids is 2. The molecule has 3 heterocycles. The predicted molar refractivity (Wildman–Crippen MR) is 114 cm³/mol. The summed E-state index contributed by atoms with van der Waals surface area (Å²) in [6, 6.07) is 8.73. The predicted octanol–water partition coefficient (Wildman–Crippen LogP) is 2.42. The molecule has 1 atom stereocenters. The zero-order chi connectivity index (χ0) is 22.0. The van der Waals surface area contributed by atoms with E-state index >= 15 is 0 Å². The van der Waals surface area contributed by atoms with E-state index in [1.807, 2.05) is 19.9 Å². The monoisotopic (exact) mass is 423 g/mol. The van der Waals surface area contributed by atoms with E-state index in [1.165, 1.54) is 10.9 Å². The normalized spacial score (nSPS) is 16.0. The van der Waals surface area contributed by atoms with Crippen LogP contribution in [0, 0.1) is 13.8 Å². The first-order valence-electron chi connectivity index (χ1n) is 10.4. The van der Waals surface area contributed by atoms with E-state index in [1.54, 1.807) is 24.3 Å². The molecule has 1 saturated heterocycles. The van der Waals surface area contributed by atoms with Gasteiger partial charge in [-0.15, -0.1) is 0 Å². The number of aryl methyl sites for hydroxylation is 1. The number of carbonyl (C=O) groups is 2. The molecule has 31 heavy (non-hydrogen) atoms. The number of fused-ring (bicyclic) bond motifs is 1. The first-order chi connectivity index (χ1) is 14.9. The van der Waals surface area contributed by atoms with Crippen LogP contribution in [0.5, 0.6) is 0 Å². The molecule has 2 aromatic heterocycles. The summed E-state index contributed by atoms with van der Waals surface area (Å²) < 4.78 is 14.1. The van der Waals surface area contributed by atoms with E-state index < -0.39 is 5.97 Å².